The number of benzene rings is 4. The Morgan fingerprint density at radius 3 is 1.62 bits per heavy atom. The first-order chi connectivity index (χ1) is 16.4. The summed E-state index contributed by atoms with van der Waals surface area (Å²) in [7, 11) is -6.00. The average Bonchev–Trinajstić information content (AvgIpc) is 2.84. The molecule has 0 spiro atoms. The van der Waals surface area contributed by atoms with Gasteiger partial charge < -0.3 is 17.3 Å². The van der Waals surface area contributed by atoms with Gasteiger partial charge in [-0.3, -0.25) is 0 Å². The van der Waals surface area contributed by atoms with Gasteiger partial charge in [-0.05, 0) is 23.8 Å². The molecule has 0 saturated heterocycles. The summed E-state index contributed by atoms with van der Waals surface area (Å²) in [5.41, 5.74) is 6.30. The predicted octanol–water partition coefficient (Wildman–Crippen LogP) is 7.81. The normalized spacial score (nSPS) is 11.1. The lowest BCUT2D eigenvalue weighted by atomic mass is 9.93. The molecule has 0 saturated carbocycles. The van der Waals surface area contributed by atoms with Gasteiger partial charge in [0.25, 0.3) is 0 Å². The van der Waals surface area contributed by atoms with Crippen LogP contribution >= 0.6 is 0 Å². The van der Waals surface area contributed by atoms with Crippen molar-refractivity contribution in [1.82, 2.24) is 0 Å². The lowest BCUT2D eigenvalue weighted by Gasteiger charge is -2.14. The Hall–Kier alpha value is -3.93. The van der Waals surface area contributed by atoms with Crippen LogP contribution in [0.2, 0.25) is 0 Å². The Morgan fingerprint density at radius 2 is 1.03 bits per heavy atom. The van der Waals surface area contributed by atoms with Crippen molar-refractivity contribution in [1.29, 1.82) is 0 Å². The van der Waals surface area contributed by atoms with Crippen molar-refractivity contribution in [3.05, 3.63) is 127 Å². The Morgan fingerprint density at radius 1 is 0.559 bits per heavy atom. The highest BCUT2D eigenvalue weighted by atomic mass is 19.5. The number of hydrogen-bond donors (Lipinski definition) is 0. The standard InChI is InChI=1S/C28H22N.BF4/c1-4-12-22(13-5-1)20-29-21-25-18-10-11-19-26(25)27(23-14-6-2-7-15-23)28(29)24-16-8-3-9-17-24;2-1(3,4)5/h1-19,21H,20H2;/q+1;-1. The summed E-state index contributed by atoms with van der Waals surface area (Å²) in [6, 6.07) is 40.8. The van der Waals surface area contributed by atoms with Gasteiger partial charge in [-0.15, -0.1) is 0 Å². The fourth-order valence-corrected chi connectivity index (χ4v) is 4.05. The maximum absolute atomic E-state index is 9.75. The first-order valence-corrected chi connectivity index (χ1v) is 10.9. The molecule has 0 aliphatic rings. The van der Waals surface area contributed by atoms with E-state index in [-0.39, 0.29) is 0 Å². The summed E-state index contributed by atoms with van der Waals surface area (Å²) in [4.78, 5) is 0. The fourth-order valence-electron chi connectivity index (χ4n) is 4.05. The molecule has 0 aliphatic carbocycles. The molecule has 1 nitrogen and oxygen atoms in total. The molecule has 1 heterocycles. The van der Waals surface area contributed by atoms with Crippen molar-refractivity contribution in [2.75, 3.05) is 0 Å². The number of hydrogen-bond acceptors (Lipinski definition) is 0. The van der Waals surface area contributed by atoms with Crippen LogP contribution in [-0.2, 0) is 6.54 Å². The van der Waals surface area contributed by atoms with Crippen molar-refractivity contribution in [2.45, 2.75) is 6.54 Å². The molecule has 0 bridgehead atoms. The summed E-state index contributed by atoms with van der Waals surface area (Å²) < 4.78 is 41.4. The lowest BCUT2D eigenvalue weighted by Crippen LogP contribution is -2.37. The van der Waals surface area contributed by atoms with Crippen molar-refractivity contribution >= 4 is 18.0 Å². The van der Waals surface area contributed by atoms with Gasteiger partial charge in [-0.1, -0.05) is 97.1 Å². The number of rotatable bonds is 4. The zero-order valence-electron chi connectivity index (χ0n) is 18.3. The Labute approximate surface area is 196 Å². The molecular weight excluding hydrogens is 437 g/mol. The fraction of sp³-hybridized carbons (Fsp3) is 0.0357. The first kappa shape index (κ1) is 23.2. The number of aromatic nitrogens is 1. The summed E-state index contributed by atoms with van der Waals surface area (Å²) in [5.74, 6) is 0. The molecule has 5 rings (SSSR count). The Bertz CT molecular complexity index is 1350. The molecule has 0 atom stereocenters. The van der Waals surface area contributed by atoms with E-state index in [1.165, 1.54) is 38.7 Å². The van der Waals surface area contributed by atoms with E-state index in [0.29, 0.717) is 0 Å². The van der Waals surface area contributed by atoms with Gasteiger partial charge >= 0.3 is 7.25 Å². The third-order valence-corrected chi connectivity index (χ3v) is 5.35. The second kappa shape index (κ2) is 10.3. The molecule has 0 aliphatic heterocycles. The van der Waals surface area contributed by atoms with Gasteiger partial charge in [0.05, 0.1) is 5.56 Å². The molecule has 0 unspecified atom stereocenters. The maximum Gasteiger partial charge on any atom is 0.673 e. The van der Waals surface area contributed by atoms with Gasteiger partial charge in [-0.2, -0.15) is 4.57 Å². The molecule has 1 aromatic heterocycles. The van der Waals surface area contributed by atoms with Crippen molar-refractivity contribution in [3.63, 3.8) is 0 Å². The van der Waals surface area contributed by atoms with E-state index in [9.17, 15) is 17.3 Å². The molecule has 0 amide bonds. The predicted molar refractivity (Wildman–Crippen MR) is 131 cm³/mol. The molecule has 0 N–H and O–H groups in total. The number of fused-ring (bicyclic) bond motifs is 1. The molecule has 34 heavy (non-hydrogen) atoms. The zero-order valence-corrected chi connectivity index (χ0v) is 18.3. The van der Waals surface area contributed by atoms with Gasteiger partial charge in [0, 0.05) is 21.9 Å². The monoisotopic (exact) mass is 459 g/mol. The van der Waals surface area contributed by atoms with E-state index in [0.717, 1.165) is 6.54 Å². The Balaban J connectivity index is 0.000000499. The topological polar surface area (TPSA) is 3.88 Å². The second-order valence-corrected chi connectivity index (χ2v) is 7.78. The van der Waals surface area contributed by atoms with Gasteiger partial charge in [0.2, 0.25) is 5.69 Å². The van der Waals surface area contributed by atoms with Gasteiger partial charge in [0.1, 0.15) is 0 Å². The van der Waals surface area contributed by atoms with Crippen molar-refractivity contribution < 1.29 is 21.8 Å². The lowest BCUT2D eigenvalue weighted by molar-refractivity contribution is -0.675. The van der Waals surface area contributed by atoms with E-state index in [2.05, 4.69) is 126 Å². The highest BCUT2D eigenvalue weighted by Crippen LogP contribution is 2.35. The molecule has 4 aromatic carbocycles. The highest BCUT2D eigenvalue weighted by Gasteiger charge is 2.23. The summed E-state index contributed by atoms with van der Waals surface area (Å²) >= 11 is 0. The minimum Gasteiger partial charge on any atom is -0.418 e. The van der Waals surface area contributed by atoms with Crippen LogP contribution in [0.1, 0.15) is 5.56 Å². The van der Waals surface area contributed by atoms with Crippen molar-refractivity contribution in [2.24, 2.45) is 0 Å². The number of nitrogens with zero attached hydrogens (tertiary/aromatic N) is 1. The minimum atomic E-state index is -6.00. The highest BCUT2D eigenvalue weighted by molar-refractivity contribution is 6.50. The van der Waals surface area contributed by atoms with Crippen molar-refractivity contribution in [3.8, 4) is 22.4 Å². The minimum absolute atomic E-state index is 0.829. The van der Waals surface area contributed by atoms with E-state index in [1.54, 1.807) is 0 Å². The maximum atomic E-state index is 9.75. The van der Waals surface area contributed by atoms with Crippen LogP contribution in [-0.4, -0.2) is 7.25 Å². The third-order valence-electron chi connectivity index (χ3n) is 5.35. The third kappa shape index (κ3) is 5.90. The molecule has 0 radical (unpaired) electrons. The van der Waals surface area contributed by atoms with Crippen LogP contribution in [0.4, 0.5) is 17.3 Å². The van der Waals surface area contributed by atoms with Crippen LogP contribution in [0.15, 0.2) is 121 Å². The molecule has 5 aromatic rings. The van der Waals surface area contributed by atoms with Crippen LogP contribution in [0.5, 0.6) is 0 Å². The quantitative estimate of drug-likeness (QED) is 0.147. The molecule has 170 valence electrons. The van der Waals surface area contributed by atoms with Crippen LogP contribution in [0.3, 0.4) is 0 Å². The summed E-state index contributed by atoms with van der Waals surface area (Å²) in [5, 5.41) is 2.53. The molecule has 0 fully saturated rings. The number of halogens is 4. The van der Waals surface area contributed by atoms with Gasteiger partial charge in [-0.25, -0.2) is 0 Å². The smallest absolute Gasteiger partial charge is 0.418 e. The largest absolute Gasteiger partial charge is 0.673 e. The van der Waals surface area contributed by atoms with E-state index in [1.807, 2.05) is 0 Å². The number of pyridine rings is 1. The first-order valence-electron chi connectivity index (χ1n) is 10.9. The SMILES string of the molecule is F[B-](F)(F)F.c1ccc(C[n+]2cc3ccccc3c(-c3ccccc3)c2-c2ccccc2)cc1. The second-order valence-electron chi connectivity index (χ2n) is 7.78. The molecule has 6 heteroatoms. The zero-order chi connectivity index (χ0) is 24.0. The van der Waals surface area contributed by atoms with Crippen LogP contribution in [0.25, 0.3) is 33.2 Å². The summed E-state index contributed by atoms with van der Waals surface area (Å²) in [6.07, 6.45) is 2.29. The van der Waals surface area contributed by atoms with Gasteiger partial charge in [0.15, 0.2) is 12.7 Å². The van der Waals surface area contributed by atoms with E-state index < -0.39 is 7.25 Å². The summed E-state index contributed by atoms with van der Waals surface area (Å²) in [6.45, 7) is 0.829. The van der Waals surface area contributed by atoms with Crippen LogP contribution in [0, 0.1) is 0 Å². The van der Waals surface area contributed by atoms with Crippen LogP contribution < -0.4 is 4.57 Å². The molecular formula is C28H22BF4N. The van der Waals surface area contributed by atoms with E-state index in [4.69, 9.17) is 0 Å². The average molecular weight is 459 g/mol. The van der Waals surface area contributed by atoms with E-state index >= 15 is 0 Å². The Kier molecular flexibility index (Phi) is 7.07.